The molecule has 0 aliphatic carbocycles. The average molecular weight is 284 g/mol. The molecule has 0 unspecified atom stereocenters. The number of nitrogens with one attached hydrogen (secondary N) is 2. The van der Waals surface area contributed by atoms with Gasteiger partial charge in [-0.2, -0.15) is 0 Å². The van der Waals surface area contributed by atoms with Crippen molar-refractivity contribution in [2.45, 2.75) is 6.92 Å². The molecule has 0 fully saturated rings. The zero-order chi connectivity index (χ0) is 14.1. The lowest BCUT2D eigenvalue weighted by molar-refractivity contribution is -0.114. The molecule has 0 aliphatic rings. The number of hydrogen-bond donors (Lipinski definition) is 2. The van der Waals surface area contributed by atoms with Gasteiger partial charge in [-0.1, -0.05) is 0 Å². The summed E-state index contributed by atoms with van der Waals surface area (Å²) < 4.78 is 9.82. The maximum Gasteiger partial charge on any atom is 0.412 e. The van der Waals surface area contributed by atoms with Crippen LogP contribution < -0.4 is 15.4 Å². The summed E-state index contributed by atoms with van der Waals surface area (Å²) in [4.78, 5) is 22.2. The number of anilines is 1. The van der Waals surface area contributed by atoms with Gasteiger partial charge in [-0.3, -0.25) is 4.79 Å². The van der Waals surface area contributed by atoms with Crippen LogP contribution in [0.15, 0.2) is 24.3 Å². The third kappa shape index (κ3) is 6.68. The third-order valence-electron chi connectivity index (χ3n) is 1.96. The van der Waals surface area contributed by atoms with Gasteiger partial charge in [0.1, 0.15) is 5.75 Å². The van der Waals surface area contributed by atoms with Crippen LogP contribution in [0.3, 0.4) is 0 Å². The Morgan fingerprint density at radius 1 is 1.26 bits per heavy atom. The van der Waals surface area contributed by atoms with Gasteiger partial charge < -0.3 is 19.6 Å². The van der Waals surface area contributed by atoms with E-state index in [0.29, 0.717) is 23.7 Å². The number of carbonyl (C=O) groups excluding carboxylic acids is 2. The lowest BCUT2D eigenvalue weighted by Gasteiger charge is -2.07. The van der Waals surface area contributed by atoms with Gasteiger partial charge in [0.15, 0.2) is 0 Å². The Balaban J connectivity index is 2.36. The van der Waals surface area contributed by atoms with Crippen molar-refractivity contribution >= 4 is 29.7 Å². The molecule has 0 saturated heterocycles. The van der Waals surface area contributed by atoms with E-state index in [9.17, 15) is 9.59 Å². The summed E-state index contributed by atoms with van der Waals surface area (Å²) in [5.74, 6) is 0.903. The molecule has 0 saturated carbocycles. The molecule has 0 aliphatic heterocycles. The lowest BCUT2D eigenvalue weighted by atomic mass is 10.3. The number of amides is 2. The summed E-state index contributed by atoms with van der Waals surface area (Å²) >= 11 is 1.25. The Kier molecular flexibility index (Phi) is 6.76. The highest BCUT2D eigenvalue weighted by atomic mass is 32.2. The molecule has 1 aromatic carbocycles. The summed E-state index contributed by atoms with van der Waals surface area (Å²) in [5.41, 5.74) is 0.650. The van der Waals surface area contributed by atoms with Crippen molar-refractivity contribution < 1.29 is 18.5 Å². The summed E-state index contributed by atoms with van der Waals surface area (Å²) in [6, 6.07) is 6.53. The summed E-state index contributed by atoms with van der Waals surface area (Å²) in [7, 11) is 1.57. The lowest BCUT2D eigenvalue weighted by Crippen LogP contribution is -2.28. The van der Waals surface area contributed by atoms with Crippen LogP contribution in [0.5, 0.6) is 5.75 Å². The average Bonchev–Trinajstić information content (AvgIpc) is 2.36. The molecular formula is C12H16N2O4S. The van der Waals surface area contributed by atoms with Gasteiger partial charge in [0, 0.05) is 24.9 Å². The fraction of sp³-hybridized carbons (Fsp3) is 0.333. The van der Waals surface area contributed by atoms with Crippen molar-refractivity contribution in [1.29, 1.82) is 0 Å². The second-order valence-electron chi connectivity index (χ2n) is 3.51. The second kappa shape index (κ2) is 8.39. The van der Waals surface area contributed by atoms with E-state index < -0.39 is 6.09 Å². The zero-order valence-electron chi connectivity index (χ0n) is 10.8. The van der Waals surface area contributed by atoms with Crippen LogP contribution in [0.4, 0.5) is 10.5 Å². The highest BCUT2D eigenvalue weighted by Crippen LogP contribution is 2.15. The maximum absolute atomic E-state index is 11.4. The minimum absolute atomic E-state index is 0.151. The first-order valence-corrected chi connectivity index (χ1v) is 6.52. The van der Waals surface area contributed by atoms with Crippen LogP contribution in [0.1, 0.15) is 6.92 Å². The molecule has 2 amide bonds. The van der Waals surface area contributed by atoms with E-state index in [-0.39, 0.29) is 5.91 Å². The normalized spacial score (nSPS) is 9.79. The monoisotopic (exact) mass is 284 g/mol. The molecule has 19 heavy (non-hydrogen) atoms. The molecule has 104 valence electrons. The number of rotatable bonds is 6. The second-order valence-corrected chi connectivity index (χ2v) is 4.49. The van der Waals surface area contributed by atoms with Crippen LogP contribution >= 0.6 is 12.0 Å². The van der Waals surface area contributed by atoms with Gasteiger partial charge in [0.2, 0.25) is 5.91 Å². The van der Waals surface area contributed by atoms with Crippen molar-refractivity contribution in [1.82, 2.24) is 5.32 Å². The standard InChI is InChI=1S/C12H16N2O4S/c1-9(15)14-10-3-5-11(6-4-10)18-12(16)13-7-8-19-17-2/h3-6H,7-8H2,1-2H3,(H,13,16)(H,14,15). The van der Waals surface area contributed by atoms with Crippen molar-refractivity contribution in [2.24, 2.45) is 0 Å². The molecule has 0 heterocycles. The number of benzene rings is 1. The molecule has 1 aromatic rings. The van der Waals surface area contributed by atoms with Gasteiger partial charge in [-0.15, -0.1) is 0 Å². The van der Waals surface area contributed by atoms with Crippen LogP contribution in [-0.4, -0.2) is 31.4 Å². The molecule has 2 N–H and O–H groups in total. The molecule has 0 atom stereocenters. The minimum Gasteiger partial charge on any atom is -0.410 e. The Bertz CT molecular complexity index is 422. The van der Waals surface area contributed by atoms with E-state index in [1.54, 1.807) is 31.4 Å². The molecule has 0 radical (unpaired) electrons. The first kappa shape index (κ1) is 15.3. The van der Waals surface area contributed by atoms with E-state index in [1.165, 1.54) is 19.0 Å². The Morgan fingerprint density at radius 3 is 2.53 bits per heavy atom. The predicted molar refractivity (Wildman–Crippen MR) is 74.2 cm³/mol. The quantitative estimate of drug-likeness (QED) is 0.617. The van der Waals surface area contributed by atoms with Gasteiger partial charge >= 0.3 is 6.09 Å². The van der Waals surface area contributed by atoms with E-state index in [1.807, 2.05) is 0 Å². The molecule has 0 bridgehead atoms. The molecular weight excluding hydrogens is 268 g/mol. The van der Waals surface area contributed by atoms with Crippen molar-refractivity contribution in [3.63, 3.8) is 0 Å². The highest BCUT2D eigenvalue weighted by molar-refractivity contribution is 7.94. The SMILES string of the molecule is COSCCNC(=O)Oc1ccc(NC(C)=O)cc1. The van der Waals surface area contributed by atoms with E-state index in [4.69, 9.17) is 8.92 Å². The minimum atomic E-state index is -0.524. The van der Waals surface area contributed by atoms with Crippen LogP contribution in [0.2, 0.25) is 0 Å². The summed E-state index contributed by atoms with van der Waals surface area (Å²) in [6.07, 6.45) is -0.524. The number of carbonyl (C=O) groups is 2. The van der Waals surface area contributed by atoms with E-state index in [0.717, 1.165) is 0 Å². The van der Waals surface area contributed by atoms with Crippen molar-refractivity contribution in [3.05, 3.63) is 24.3 Å². The molecule has 0 aromatic heterocycles. The predicted octanol–water partition coefficient (Wildman–Crippen LogP) is 2.03. The number of hydrogen-bond acceptors (Lipinski definition) is 5. The van der Waals surface area contributed by atoms with Crippen LogP contribution in [-0.2, 0) is 8.98 Å². The fourth-order valence-electron chi connectivity index (χ4n) is 1.23. The van der Waals surface area contributed by atoms with Gasteiger partial charge in [-0.05, 0) is 36.3 Å². The Morgan fingerprint density at radius 2 is 1.95 bits per heavy atom. The largest absolute Gasteiger partial charge is 0.412 e. The van der Waals surface area contributed by atoms with Gasteiger partial charge in [0.25, 0.3) is 0 Å². The third-order valence-corrected chi connectivity index (χ3v) is 2.56. The zero-order valence-corrected chi connectivity index (χ0v) is 11.6. The topological polar surface area (TPSA) is 76.7 Å². The molecule has 0 spiro atoms. The van der Waals surface area contributed by atoms with Crippen molar-refractivity contribution in [3.8, 4) is 5.75 Å². The van der Waals surface area contributed by atoms with Crippen LogP contribution in [0, 0.1) is 0 Å². The summed E-state index contributed by atoms with van der Waals surface area (Å²) in [6.45, 7) is 1.89. The molecule has 6 nitrogen and oxygen atoms in total. The first-order chi connectivity index (χ1) is 9.11. The van der Waals surface area contributed by atoms with Gasteiger partial charge in [0.05, 0.1) is 7.11 Å². The Labute approximate surface area is 116 Å². The highest BCUT2D eigenvalue weighted by Gasteiger charge is 2.04. The van der Waals surface area contributed by atoms with E-state index in [2.05, 4.69) is 10.6 Å². The van der Waals surface area contributed by atoms with E-state index >= 15 is 0 Å². The Hall–Kier alpha value is -1.73. The molecule has 7 heteroatoms. The van der Waals surface area contributed by atoms with Crippen LogP contribution in [0.25, 0.3) is 0 Å². The fourth-order valence-corrected chi connectivity index (χ4v) is 1.58. The van der Waals surface area contributed by atoms with Gasteiger partial charge in [-0.25, -0.2) is 4.79 Å². The smallest absolute Gasteiger partial charge is 0.410 e. The first-order valence-electron chi connectivity index (χ1n) is 5.61. The maximum atomic E-state index is 11.4. The number of ether oxygens (including phenoxy) is 1. The van der Waals surface area contributed by atoms with Crippen molar-refractivity contribution in [2.75, 3.05) is 24.7 Å². The molecule has 1 rings (SSSR count). The summed E-state index contributed by atoms with van der Waals surface area (Å²) in [5, 5.41) is 5.20.